The molecule has 0 spiro atoms. The Morgan fingerprint density at radius 1 is 0.971 bits per heavy atom. The lowest BCUT2D eigenvalue weighted by Crippen LogP contribution is -2.34. The molecule has 3 heterocycles. The van der Waals surface area contributed by atoms with Gasteiger partial charge in [-0.15, -0.1) is 0 Å². The van der Waals surface area contributed by atoms with Crippen LogP contribution in [-0.4, -0.2) is 44.8 Å². The van der Waals surface area contributed by atoms with Gasteiger partial charge in [0.15, 0.2) is 5.82 Å². The molecule has 0 radical (unpaired) electrons. The van der Waals surface area contributed by atoms with Crippen LogP contribution in [0.3, 0.4) is 0 Å². The maximum Gasteiger partial charge on any atom is 0.256 e. The van der Waals surface area contributed by atoms with Crippen LogP contribution in [0.25, 0.3) is 11.5 Å². The van der Waals surface area contributed by atoms with E-state index in [1.807, 2.05) is 52.8 Å². The van der Waals surface area contributed by atoms with Gasteiger partial charge in [-0.05, 0) is 62.1 Å². The number of amides is 1. The van der Waals surface area contributed by atoms with Gasteiger partial charge in [0.2, 0.25) is 0 Å². The van der Waals surface area contributed by atoms with E-state index in [1.165, 1.54) is 16.7 Å². The molecular weight excluding hydrogens is 422 g/mol. The van der Waals surface area contributed by atoms with Crippen molar-refractivity contribution in [2.45, 2.75) is 33.2 Å². The number of hydrogen-bond acceptors (Lipinski definition) is 3. The summed E-state index contributed by atoms with van der Waals surface area (Å²) < 4.78 is 3.81. The Morgan fingerprint density at radius 3 is 2.47 bits per heavy atom. The topological polar surface area (TPSA) is 55.1 Å². The third-order valence-corrected chi connectivity index (χ3v) is 6.54. The van der Waals surface area contributed by atoms with Gasteiger partial charge in [0.25, 0.3) is 5.91 Å². The molecule has 0 bridgehead atoms. The monoisotopic (exact) mass is 453 g/mol. The Bertz CT molecular complexity index is 1270. The van der Waals surface area contributed by atoms with Crippen molar-refractivity contribution in [3.8, 4) is 11.5 Å². The number of carbonyl (C=O) groups excluding carboxylic acids is 1. The van der Waals surface area contributed by atoms with E-state index in [0.29, 0.717) is 12.1 Å². The summed E-state index contributed by atoms with van der Waals surface area (Å²) in [5.41, 5.74) is 6.34. The SMILES string of the molecule is Cc1ccc(-n2nc(C)c(C(=O)NCCCN3CCc4ccccc4C3)c2-n2cccc2)cc1. The fraction of sp³-hybridized carbons (Fsp3) is 0.286. The number of hydrogen-bond donors (Lipinski definition) is 1. The van der Waals surface area contributed by atoms with Gasteiger partial charge in [0.1, 0.15) is 5.56 Å². The number of nitrogens with one attached hydrogen (secondary N) is 1. The molecule has 2 aromatic heterocycles. The highest BCUT2D eigenvalue weighted by Crippen LogP contribution is 2.23. The van der Waals surface area contributed by atoms with Crippen molar-refractivity contribution in [2.24, 2.45) is 0 Å². The van der Waals surface area contributed by atoms with Crippen LogP contribution >= 0.6 is 0 Å². The van der Waals surface area contributed by atoms with Gasteiger partial charge in [-0.1, -0.05) is 42.0 Å². The zero-order valence-corrected chi connectivity index (χ0v) is 19.9. The quantitative estimate of drug-likeness (QED) is 0.421. The smallest absolute Gasteiger partial charge is 0.256 e. The molecule has 6 nitrogen and oxygen atoms in total. The molecular formula is C28H31N5O. The largest absolute Gasteiger partial charge is 0.352 e. The maximum atomic E-state index is 13.3. The second-order valence-electron chi connectivity index (χ2n) is 9.03. The summed E-state index contributed by atoms with van der Waals surface area (Å²) in [5, 5.41) is 7.88. The summed E-state index contributed by atoms with van der Waals surface area (Å²) in [7, 11) is 0. The highest BCUT2D eigenvalue weighted by molar-refractivity contribution is 5.98. The minimum atomic E-state index is -0.0800. The van der Waals surface area contributed by atoms with Gasteiger partial charge in [-0.2, -0.15) is 5.10 Å². The highest BCUT2D eigenvalue weighted by atomic mass is 16.1. The van der Waals surface area contributed by atoms with Crippen molar-refractivity contribution in [1.29, 1.82) is 0 Å². The Kier molecular flexibility index (Phi) is 6.32. The molecule has 0 fully saturated rings. The van der Waals surface area contributed by atoms with Gasteiger partial charge in [-0.25, -0.2) is 4.68 Å². The normalized spacial score (nSPS) is 13.6. The first-order valence-electron chi connectivity index (χ1n) is 12.0. The van der Waals surface area contributed by atoms with E-state index in [2.05, 4.69) is 53.5 Å². The standard InChI is InChI=1S/C28H31N5O/c1-21-10-12-25(13-11-21)33-28(32-17-5-6-18-32)26(22(2)30-33)27(34)29-15-7-16-31-19-14-23-8-3-4-9-24(23)20-31/h3-6,8-13,17-18H,7,14-16,19-20H2,1-2H3,(H,29,34). The number of carbonyl (C=O) groups is 1. The molecule has 4 aromatic rings. The Labute approximate surface area is 200 Å². The Morgan fingerprint density at radius 2 is 1.71 bits per heavy atom. The van der Waals surface area contributed by atoms with E-state index in [-0.39, 0.29) is 5.91 Å². The van der Waals surface area contributed by atoms with Gasteiger partial charge in [0.05, 0.1) is 11.4 Å². The molecule has 34 heavy (non-hydrogen) atoms. The fourth-order valence-electron chi connectivity index (χ4n) is 4.70. The molecule has 0 aliphatic carbocycles. The molecule has 1 amide bonds. The van der Waals surface area contributed by atoms with E-state index in [9.17, 15) is 4.79 Å². The van der Waals surface area contributed by atoms with Crippen LogP contribution in [0.5, 0.6) is 0 Å². The molecule has 0 saturated heterocycles. The van der Waals surface area contributed by atoms with E-state index in [4.69, 9.17) is 5.10 Å². The van der Waals surface area contributed by atoms with Crippen LogP contribution in [0.2, 0.25) is 0 Å². The van der Waals surface area contributed by atoms with Crippen molar-refractivity contribution in [1.82, 2.24) is 24.6 Å². The van der Waals surface area contributed by atoms with Crippen molar-refractivity contribution in [3.63, 3.8) is 0 Å². The molecule has 1 aliphatic rings. The summed E-state index contributed by atoms with van der Waals surface area (Å²) in [6, 6.07) is 20.8. The van der Waals surface area contributed by atoms with E-state index in [1.54, 1.807) is 0 Å². The molecule has 5 rings (SSSR count). The molecule has 174 valence electrons. The minimum absolute atomic E-state index is 0.0800. The van der Waals surface area contributed by atoms with Gasteiger partial charge < -0.3 is 9.88 Å². The molecule has 0 unspecified atom stereocenters. The molecule has 6 heteroatoms. The van der Waals surface area contributed by atoms with Crippen molar-refractivity contribution in [2.75, 3.05) is 19.6 Å². The van der Waals surface area contributed by atoms with Crippen molar-refractivity contribution < 1.29 is 4.79 Å². The third kappa shape index (κ3) is 4.54. The summed E-state index contributed by atoms with van der Waals surface area (Å²) >= 11 is 0. The predicted molar refractivity (Wildman–Crippen MR) is 135 cm³/mol. The second kappa shape index (κ2) is 9.69. The number of aromatic nitrogens is 3. The van der Waals surface area contributed by atoms with Crippen LogP contribution in [0.4, 0.5) is 0 Å². The molecule has 2 aromatic carbocycles. The van der Waals surface area contributed by atoms with Gasteiger partial charge >= 0.3 is 0 Å². The van der Waals surface area contributed by atoms with Crippen molar-refractivity contribution >= 4 is 5.91 Å². The predicted octanol–water partition coefficient (Wildman–Crippen LogP) is 4.46. The number of nitrogens with zero attached hydrogens (tertiary/aromatic N) is 4. The lowest BCUT2D eigenvalue weighted by Gasteiger charge is -2.28. The highest BCUT2D eigenvalue weighted by Gasteiger charge is 2.23. The first-order chi connectivity index (χ1) is 16.6. The first-order valence-corrected chi connectivity index (χ1v) is 12.0. The lowest BCUT2D eigenvalue weighted by molar-refractivity contribution is 0.0950. The summed E-state index contributed by atoms with van der Waals surface area (Å²) in [6.45, 7) is 7.64. The lowest BCUT2D eigenvalue weighted by atomic mass is 10.00. The van der Waals surface area contributed by atoms with Crippen molar-refractivity contribution in [3.05, 3.63) is 101 Å². The van der Waals surface area contributed by atoms with Crippen LogP contribution in [-0.2, 0) is 13.0 Å². The molecule has 0 atom stereocenters. The zero-order chi connectivity index (χ0) is 23.5. The average Bonchev–Trinajstić information content (AvgIpc) is 3.50. The number of fused-ring (bicyclic) bond motifs is 1. The zero-order valence-electron chi connectivity index (χ0n) is 19.9. The Balaban J connectivity index is 1.28. The molecule has 1 aliphatic heterocycles. The number of rotatable bonds is 7. The third-order valence-electron chi connectivity index (χ3n) is 6.54. The first kappa shape index (κ1) is 22.2. The minimum Gasteiger partial charge on any atom is -0.352 e. The van der Waals surface area contributed by atoms with E-state index in [0.717, 1.165) is 49.7 Å². The average molecular weight is 454 g/mol. The van der Waals surface area contributed by atoms with Crippen LogP contribution < -0.4 is 5.32 Å². The second-order valence-corrected chi connectivity index (χ2v) is 9.03. The molecule has 1 N–H and O–H groups in total. The van der Waals surface area contributed by atoms with Gasteiger partial charge in [0, 0.05) is 38.6 Å². The van der Waals surface area contributed by atoms with E-state index >= 15 is 0 Å². The van der Waals surface area contributed by atoms with Gasteiger partial charge in [-0.3, -0.25) is 9.69 Å². The van der Waals surface area contributed by atoms with Crippen LogP contribution in [0, 0.1) is 13.8 Å². The number of benzene rings is 2. The van der Waals surface area contributed by atoms with E-state index < -0.39 is 0 Å². The fourth-order valence-corrected chi connectivity index (χ4v) is 4.70. The summed E-state index contributed by atoms with van der Waals surface area (Å²) in [6.07, 6.45) is 5.91. The molecule has 0 saturated carbocycles. The number of aryl methyl sites for hydroxylation is 2. The summed E-state index contributed by atoms with van der Waals surface area (Å²) in [4.78, 5) is 15.8. The van der Waals surface area contributed by atoms with Crippen LogP contribution in [0.1, 0.15) is 39.2 Å². The summed E-state index contributed by atoms with van der Waals surface area (Å²) in [5.74, 6) is 0.681. The Hall–Kier alpha value is -3.64. The maximum absolute atomic E-state index is 13.3. The van der Waals surface area contributed by atoms with Crippen LogP contribution in [0.15, 0.2) is 73.1 Å².